The van der Waals surface area contributed by atoms with Gasteiger partial charge in [-0.25, -0.2) is 9.79 Å². The quantitative estimate of drug-likeness (QED) is 0.103. The zero-order chi connectivity index (χ0) is 33.9. The second-order valence-corrected chi connectivity index (χ2v) is 12.0. The molecule has 0 aliphatic carbocycles. The summed E-state index contributed by atoms with van der Waals surface area (Å²) in [6.45, 7) is 5.68. The summed E-state index contributed by atoms with van der Waals surface area (Å²) in [5.74, 6) is 1.07. The highest BCUT2D eigenvalue weighted by Gasteiger charge is 2.35. The van der Waals surface area contributed by atoms with Gasteiger partial charge in [-0.3, -0.25) is 19.5 Å². The Morgan fingerprint density at radius 1 is 1.06 bits per heavy atom. The van der Waals surface area contributed by atoms with Crippen molar-refractivity contribution in [1.29, 1.82) is 0 Å². The fraction of sp³-hybridized carbons (Fsp3) is 0.194. The first-order valence-electron chi connectivity index (χ1n) is 15.1. The van der Waals surface area contributed by atoms with Crippen LogP contribution in [0.1, 0.15) is 42.3 Å². The van der Waals surface area contributed by atoms with Crippen LogP contribution < -0.4 is 24.4 Å². The molecule has 0 amide bonds. The number of thiazole rings is 1. The van der Waals surface area contributed by atoms with Crippen molar-refractivity contribution in [3.63, 3.8) is 0 Å². The molecule has 6 rings (SSSR count). The third kappa shape index (κ3) is 6.29. The Labute approximate surface area is 278 Å². The molecule has 3 heterocycles. The van der Waals surface area contributed by atoms with Gasteiger partial charge in [0.05, 0.1) is 34.4 Å². The van der Waals surface area contributed by atoms with E-state index in [1.165, 1.54) is 28.0 Å². The third-order valence-electron chi connectivity index (χ3n) is 7.83. The summed E-state index contributed by atoms with van der Waals surface area (Å²) in [6, 6.07) is 22.0. The van der Waals surface area contributed by atoms with Crippen LogP contribution in [0.5, 0.6) is 11.5 Å². The first-order valence-corrected chi connectivity index (χ1v) is 15.9. The molecule has 0 fully saturated rings. The molecule has 244 valence electrons. The molecule has 0 saturated heterocycles. The second-order valence-electron chi connectivity index (χ2n) is 10.9. The number of hydrogen-bond acceptors (Lipinski definition) is 10. The standard InChI is InChI=1S/C36H31N3O8S/c1-5-45-35(41)32-22(3)37-36-38(33(32)29-16-15-27(47-29)26-19-25(39(42)43)13-11-21(26)2)34(40)31(48-36)18-24-12-14-28(30(17-24)44-4)46-20-23-9-7-6-8-10-23/h6-19,33H,5,20H2,1-4H3/b31-18-/t33-/m0/s1. The maximum absolute atomic E-state index is 14.1. The number of carbonyl (C=O) groups excluding carboxylic acids is 1. The Kier molecular flexibility index (Phi) is 9.08. The summed E-state index contributed by atoms with van der Waals surface area (Å²) >= 11 is 1.18. The molecule has 0 spiro atoms. The summed E-state index contributed by atoms with van der Waals surface area (Å²) < 4.78 is 25.0. The Morgan fingerprint density at radius 3 is 2.58 bits per heavy atom. The van der Waals surface area contributed by atoms with Crippen molar-refractivity contribution in [2.45, 2.75) is 33.4 Å². The predicted molar refractivity (Wildman–Crippen MR) is 180 cm³/mol. The number of hydrogen-bond donors (Lipinski definition) is 0. The molecule has 12 heteroatoms. The molecule has 1 aliphatic heterocycles. The van der Waals surface area contributed by atoms with Gasteiger partial charge < -0.3 is 18.6 Å². The number of nitrogens with zero attached hydrogens (tertiary/aromatic N) is 3. The number of aromatic nitrogens is 1. The summed E-state index contributed by atoms with van der Waals surface area (Å²) in [6.07, 6.45) is 1.73. The van der Waals surface area contributed by atoms with E-state index in [9.17, 15) is 19.7 Å². The zero-order valence-corrected chi connectivity index (χ0v) is 27.4. The van der Waals surface area contributed by atoms with Gasteiger partial charge in [0.15, 0.2) is 16.3 Å². The van der Waals surface area contributed by atoms with Crippen molar-refractivity contribution in [1.82, 2.24) is 4.57 Å². The van der Waals surface area contributed by atoms with Crippen LogP contribution in [0.25, 0.3) is 17.4 Å². The molecule has 48 heavy (non-hydrogen) atoms. The molecule has 11 nitrogen and oxygen atoms in total. The van der Waals surface area contributed by atoms with Crippen LogP contribution in [0.15, 0.2) is 104 Å². The fourth-order valence-electron chi connectivity index (χ4n) is 5.47. The van der Waals surface area contributed by atoms with E-state index >= 15 is 0 Å². The van der Waals surface area contributed by atoms with Crippen molar-refractivity contribution in [3.05, 3.63) is 142 Å². The molecule has 2 aromatic heterocycles. The molecule has 3 aromatic carbocycles. The fourth-order valence-corrected chi connectivity index (χ4v) is 6.52. The van der Waals surface area contributed by atoms with Crippen LogP contribution in [0.3, 0.4) is 0 Å². The Balaban J connectivity index is 1.42. The molecule has 0 N–H and O–H groups in total. The Bertz CT molecular complexity index is 2250. The van der Waals surface area contributed by atoms with Gasteiger partial charge >= 0.3 is 5.97 Å². The highest BCUT2D eigenvalue weighted by atomic mass is 32.1. The number of non-ortho nitro benzene ring substituents is 1. The van der Waals surface area contributed by atoms with Crippen LogP contribution >= 0.6 is 11.3 Å². The number of nitro benzene ring substituents is 1. The van der Waals surface area contributed by atoms with E-state index in [4.69, 9.17) is 18.6 Å². The van der Waals surface area contributed by atoms with Crippen molar-refractivity contribution in [2.24, 2.45) is 4.99 Å². The van der Waals surface area contributed by atoms with E-state index in [-0.39, 0.29) is 29.2 Å². The third-order valence-corrected chi connectivity index (χ3v) is 8.82. The maximum atomic E-state index is 14.1. The lowest BCUT2D eigenvalue weighted by Gasteiger charge is -2.22. The minimum absolute atomic E-state index is 0.0862. The molecule has 0 bridgehead atoms. The summed E-state index contributed by atoms with van der Waals surface area (Å²) in [5.41, 5.74) is 3.07. The number of methoxy groups -OCH3 is 1. The molecule has 0 saturated carbocycles. The van der Waals surface area contributed by atoms with Gasteiger partial charge in [0, 0.05) is 17.7 Å². The summed E-state index contributed by atoms with van der Waals surface area (Å²) in [7, 11) is 1.55. The Hall–Kier alpha value is -5.75. The minimum atomic E-state index is -0.987. The predicted octanol–water partition coefficient (Wildman–Crippen LogP) is 5.86. The van der Waals surface area contributed by atoms with Gasteiger partial charge in [-0.15, -0.1) is 0 Å². The lowest BCUT2D eigenvalue weighted by molar-refractivity contribution is -0.384. The normalized spacial score (nSPS) is 14.3. The number of ether oxygens (including phenoxy) is 3. The summed E-state index contributed by atoms with van der Waals surface area (Å²) in [5, 5.41) is 11.5. The van der Waals surface area contributed by atoms with E-state index in [0.29, 0.717) is 50.0 Å². The van der Waals surface area contributed by atoms with E-state index in [1.807, 2.05) is 43.3 Å². The SMILES string of the molecule is CCOC(=O)C1=C(C)N=c2s/c(=C\c3ccc(OCc4ccccc4)c(OC)c3)c(=O)n2[C@H]1c1ccc(-c2cc([N+](=O)[O-])ccc2C)o1. The number of esters is 1. The first kappa shape index (κ1) is 32.2. The molecule has 1 atom stereocenters. The zero-order valence-electron chi connectivity index (χ0n) is 26.6. The van der Waals surface area contributed by atoms with Crippen LogP contribution in [0.2, 0.25) is 0 Å². The number of benzene rings is 3. The van der Waals surface area contributed by atoms with Crippen molar-refractivity contribution in [2.75, 3.05) is 13.7 Å². The van der Waals surface area contributed by atoms with Gasteiger partial charge in [-0.05, 0) is 67.8 Å². The minimum Gasteiger partial charge on any atom is -0.493 e. The van der Waals surface area contributed by atoms with E-state index in [0.717, 1.165) is 11.1 Å². The van der Waals surface area contributed by atoms with Crippen molar-refractivity contribution >= 4 is 29.1 Å². The van der Waals surface area contributed by atoms with Crippen LogP contribution in [-0.4, -0.2) is 29.2 Å². The average molecular weight is 666 g/mol. The number of fused-ring (bicyclic) bond motifs is 1. The lowest BCUT2D eigenvalue weighted by Crippen LogP contribution is -2.39. The van der Waals surface area contributed by atoms with Crippen LogP contribution in [0.4, 0.5) is 5.69 Å². The monoisotopic (exact) mass is 665 g/mol. The molecular weight excluding hydrogens is 634 g/mol. The van der Waals surface area contributed by atoms with Crippen LogP contribution in [-0.2, 0) is 16.1 Å². The number of nitro groups is 1. The summed E-state index contributed by atoms with van der Waals surface area (Å²) in [4.78, 5) is 43.4. The topological polar surface area (TPSA) is 135 Å². The van der Waals surface area contributed by atoms with Gasteiger partial charge in [-0.1, -0.05) is 53.8 Å². The lowest BCUT2D eigenvalue weighted by atomic mass is 10.0. The molecule has 5 aromatic rings. The largest absolute Gasteiger partial charge is 0.493 e. The maximum Gasteiger partial charge on any atom is 0.338 e. The van der Waals surface area contributed by atoms with Gasteiger partial charge in [0.1, 0.15) is 24.2 Å². The molecule has 0 radical (unpaired) electrons. The average Bonchev–Trinajstić information content (AvgIpc) is 3.68. The van der Waals surface area contributed by atoms with E-state index in [1.54, 1.807) is 57.4 Å². The van der Waals surface area contributed by atoms with E-state index in [2.05, 4.69) is 4.99 Å². The molecule has 1 aliphatic rings. The van der Waals surface area contributed by atoms with Crippen LogP contribution in [0, 0.1) is 17.0 Å². The first-order chi connectivity index (χ1) is 23.2. The number of rotatable bonds is 10. The molecular formula is C36H31N3O8S. The van der Waals surface area contributed by atoms with Crippen molar-refractivity contribution < 1.29 is 28.3 Å². The smallest absolute Gasteiger partial charge is 0.338 e. The van der Waals surface area contributed by atoms with Gasteiger partial charge in [0.25, 0.3) is 11.2 Å². The number of carbonyl (C=O) groups is 1. The van der Waals surface area contributed by atoms with E-state index < -0.39 is 16.9 Å². The second kappa shape index (κ2) is 13.5. The highest BCUT2D eigenvalue weighted by molar-refractivity contribution is 7.07. The number of furan rings is 1. The number of aryl methyl sites for hydroxylation is 1. The van der Waals surface area contributed by atoms with Gasteiger partial charge in [0.2, 0.25) is 0 Å². The Morgan fingerprint density at radius 2 is 1.85 bits per heavy atom. The molecule has 0 unspecified atom stereocenters. The van der Waals surface area contributed by atoms with Crippen molar-refractivity contribution in [3.8, 4) is 22.8 Å². The highest BCUT2D eigenvalue weighted by Crippen LogP contribution is 2.36. The number of allylic oxidation sites excluding steroid dienone is 1. The van der Waals surface area contributed by atoms with Gasteiger partial charge in [-0.2, -0.15) is 0 Å².